The zero-order valence-electron chi connectivity index (χ0n) is 5.33. The summed E-state index contributed by atoms with van der Waals surface area (Å²) in [6, 6.07) is 0. The van der Waals surface area contributed by atoms with Crippen molar-refractivity contribution in [3.63, 3.8) is 0 Å². The van der Waals surface area contributed by atoms with Gasteiger partial charge >= 0.3 is 0 Å². The average Bonchev–Trinajstić information content (AvgIpc) is 2.24. The predicted octanol–water partition coefficient (Wildman–Crippen LogP) is 0.138. The van der Waals surface area contributed by atoms with E-state index in [4.69, 9.17) is 0 Å². The maximum atomic E-state index is 9.23. The van der Waals surface area contributed by atoms with Gasteiger partial charge in [0.05, 0.1) is 12.2 Å². The van der Waals surface area contributed by atoms with Crippen molar-refractivity contribution in [3.05, 3.63) is 0 Å². The van der Waals surface area contributed by atoms with Crippen molar-refractivity contribution in [2.75, 3.05) is 0 Å². The zero-order chi connectivity index (χ0) is 6.43. The number of rotatable bonds is 0. The molecule has 4 atom stereocenters. The lowest BCUT2D eigenvalue weighted by atomic mass is 9.95. The molecule has 0 aromatic rings. The van der Waals surface area contributed by atoms with Gasteiger partial charge in [0.1, 0.15) is 0 Å². The number of aliphatic hydroxyl groups is 2. The summed E-state index contributed by atoms with van der Waals surface area (Å²) in [5, 5.41) is 18.5. The topological polar surface area (TPSA) is 40.5 Å². The molecule has 2 nitrogen and oxygen atoms in total. The quantitative estimate of drug-likeness (QED) is 0.487. The summed E-state index contributed by atoms with van der Waals surface area (Å²) in [5.41, 5.74) is 0. The second kappa shape index (κ2) is 1.70. The Labute approximate surface area is 54.5 Å². The number of aliphatic hydroxyl groups excluding tert-OH is 2. The van der Waals surface area contributed by atoms with Crippen LogP contribution < -0.4 is 0 Å². The van der Waals surface area contributed by atoms with Crippen LogP contribution in [0.5, 0.6) is 0 Å². The van der Waals surface area contributed by atoms with E-state index in [0.717, 1.165) is 19.3 Å². The predicted molar refractivity (Wildman–Crippen MR) is 32.8 cm³/mol. The highest BCUT2D eigenvalue weighted by Gasteiger charge is 2.44. The summed E-state index contributed by atoms with van der Waals surface area (Å²) >= 11 is 0. The second-order valence-corrected chi connectivity index (χ2v) is 3.36. The Morgan fingerprint density at radius 1 is 0.778 bits per heavy atom. The first kappa shape index (κ1) is 5.69. The van der Waals surface area contributed by atoms with Crippen LogP contribution in [0.15, 0.2) is 0 Å². The summed E-state index contributed by atoms with van der Waals surface area (Å²) < 4.78 is 0. The van der Waals surface area contributed by atoms with Crippen LogP contribution in [0.2, 0.25) is 0 Å². The van der Waals surface area contributed by atoms with Gasteiger partial charge in [-0.05, 0) is 31.1 Å². The fourth-order valence-corrected chi connectivity index (χ4v) is 2.21. The maximum absolute atomic E-state index is 9.23. The lowest BCUT2D eigenvalue weighted by Gasteiger charge is -2.19. The molecular formula is C7H12O2. The first-order valence-corrected chi connectivity index (χ1v) is 3.63. The first-order chi connectivity index (χ1) is 4.27. The molecule has 0 aromatic carbocycles. The second-order valence-electron chi connectivity index (χ2n) is 3.36. The van der Waals surface area contributed by atoms with E-state index in [2.05, 4.69) is 0 Å². The lowest BCUT2D eigenvalue weighted by Crippen LogP contribution is -2.24. The van der Waals surface area contributed by atoms with Crippen molar-refractivity contribution >= 4 is 0 Å². The Hall–Kier alpha value is -0.0800. The summed E-state index contributed by atoms with van der Waals surface area (Å²) in [6.45, 7) is 0. The van der Waals surface area contributed by atoms with Gasteiger partial charge < -0.3 is 10.2 Å². The molecule has 0 radical (unpaired) electrons. The third-order valence-corrected chi connectivity index (χ3v) is 2.78. The molecule has 0 unspecified atom stereocenters. The first-order valence-electron chi connectivity index (χ1n) is 3.63. The fourth-order valence-electron chi connectivity index (χ4n) is 2.21. The third kappa shape index (κ3) is 0.700. The van der Waals surface area contributed by atoms with E-state index in [1.807, 2.05) is 0 Å². The number of hydrogen-bond donors (Lipinski definition) is 2. The molecule has 9 heavy (non-hydrogen) atoms. The van der Waals surface area contributed by atoms with Gasteiger partial charge in [-0.3, -0.25) is 0 Å². The van der Waals surface area contributed by atoms with Gasteiger partial charge in [-0.25, -0.2) is 0 Å². The van der Waals surface area contributed by atoms with Crippen LogP contribution in [-0.4, -0.2) is 22.4 Å². The van der Waals surface area contributed by atoms with Crippen LogP contribution in [0.3, 0.4) is 0 Å². The zero-order valence-corrected chi connectivity index (χ0v) is 5.33. The molecule has 0 aliphatic heterocycles. The minimum Gasteiger partial charge on any atom is -0.393 e. The molecule has 0 saturated heterocycles. The summed E-state index contributed by atoms with van der Waals surface area (Å²) in [4.78, 5) is 0. The van der Waals surface area contributed by atoms with Crippen molar-refractivity contribution < 1.29 is 10.2 Å². The maximum Gasteiger partial charge on any atom is 0.0573 e. The van der Waals surface area contributed by atoms with Crippen LogP contribution in [0.25, 0.3) is 0 Å². The van der Waals surface area contributed by atoms with Gasteiger partial charge in [0.2, 0.25) is 0 Å². The molecule has 2 N–H and O–H groups in total. The molecule has 0 amide bonds. The van der Waals surface area contributed by atoms with Crippen molar-refractivity contribution in [2.45, 2.75) is 31.5 Å². The van der Waals surface area contributed by atoms with E-state index in [-0.39, 0.29) is 12.2 Å². The van der Waals surface area contributed by atoms with E-state index >= 15 is 0 Å². The molecule has 2 aliphatic carbocycles. The molecule has 2 rings (SSSR count). The standard InChI is InChI=1S/C7H12O2/c8-6-2-4-1-5(6)3-7(4)9/h4-9H,1-3H2/t4-,5-,6-,7-/m1/s1. The smallest absolute Gasteiger partial charge is 0.0573 e. The van der Waals surface area contributed by atoms with Gasteiger partial charge in [0.25, 0.3) is 0 Å². The highest BCUT2D eigenvalue weighted by Crippen LogP contribution is 2.44. The van der Waals surface area contributed by atoms with Gasteiger partial charge in [-0.15, -0.1) is 0 Å². The van der Waals surface area contributed by atoms with Crippen LogP contribution in [0.1, 0.15) is 19.3 Å². The minimum absolute atomic E-state index is 0.0987. The number of hydrogen-bond acceptors (Lipinski definition) is 2. The molecule has 52 valence electrons. The van der Waals surface area contributed by atoms with Gasteiger partial charge in [0.15, 0.2) is 0 Å². The van der Waals surface area contributed by atoms with E-state index in [1.54, 1.807) is 0 Å². The van der Waals surface area contributed by atoms with Crippen LogP contribution in [0, 0.1) is 11.8 Å². The molecule has 0 heterocycles. The molecule has 2 aliphatic rings. The average molecular weight is 128 g/mol. The fraction of sp³-hybridized carbons (Fsp3) is 1.00. The van der Waals surface area contributed by atoms with Crippen molar-refractivity contribution in [1.82, 2.24) is 0 Å². The van der Waals surface area contributed by atoms with Gasteiger partial charge in [-0.2, -0.15) is 0 Å². The van der Waals surface area contributed by atoms with Crippen LogP contribution in [0.4, 0.5) is 0 Å². The molecule has 0 spiro atoms. The van der Waals surface area contributed by atoms with Crippen molar-refractivity contribution in [1.29, 1.82) is 0 Å². The van der Waals surface area contributed by atoms with E-state index in [1.165, 1.54) is 0 Å². The molecular weight excluding hydrogens is 116 g/mol. The lowest BCUT2D eigenvalue weighted by molar-refractivity contribution is 0.0447. The van der Waals surface area contributed by atoms with Gasteiger partial charge in [-0.1, -0.05) is 0 Å². The van der Waals surface area contributed by atoms with Crippen molar-refractivity contribution in [3.8, 4) is 0 Å². The van der Waals surface area contributed by atoms with E-state index in [0.29, 0.717) is 11.8 Å². The summed E-state index contributed by atoms with van der Waals surface area (Å²) in [7, 11) is 0. The van der Waals surface area contributed by atoms with E-state index in [9.17, 15) is 10.2 Å². The van der Waals surface area contributed by atoms with Crippen LogP contribution in [-0.2, 0) is 0 Å². The van der Waals surface area contributed by atoms with E-state index < -0.39 is 0 Å². The van der Waals surface area contributed by atoms with Crippen LogP contribution >= 0.6 is 0 Å². The SMILES string of the molecule is O[C@@H]1C[C@H]2C[C@@H]1C[C@H]2O. The highest BCUT2D eigenvalue weighted by atomic mass is 16.3. The van der Waals surface area contributed by atoms with Crippen molar-refractivity contribution in [2.24, 2.45) is 11.8 Å². The molecule has 0 aromatic heterocycles. The highest BCUT2D eigenvalue weighted by molar-refractivity contribution is 4.95. The monoisotopic (exact) mass is 128 g/mol. The Balaban J connectivity index is 2.10. The summed E-state index contributed by atoms with van der Waals surface area (Å²) in [6.07, 6.45) is 2.54. The Morgan fingerprint density at radius 2 is 1.22 bits per heavy atom. The normalized spacial score (nSPS) is 56.7. The number of fused-ring (bicyclic) bond motifs is 2. The Kier molecular flexibility index (Phi) is 1.08. The summed E-state index contributed by atoms with van der Waals surface area (Å²) in [5.74, 6) is 0.843. The Bertz CT molecular complexity index is 106. The molecule has 2 fully saturated rings. The molecule has 2 heteroatoms. The molecule has 2 saturated carbocycles. The molecule has 2 bridgehead atoms. The third-order valence-electron chi connectivity index (χ3n) is 2.78. The Morgan fingerprint density at radius 3 is 1.44 bits per heavy atom. The minimum atomic E-state index is -0.0987. The largest absolute Gasteiger partial charge is 0.393 e. The van der Waals surface area contributed by atoms with Gasteiger partial charge in [0, 0.05) is 0 Å².